The van der Waals surface area contributed by atoms with Gasteiger partial charge >= 0.3 is 0 Å². The Morgan fingerprint density at radius 1 is 1.25 bits per heavy atom. The Hall–Kier alpha value is -3.59. The first-order valence-electron chi connectivity index (χ1n) is 10.5. The van der Waals surface area contributed by atoms with Gasteiger partial charge in [0.05, 0.1) is 23.1 Å². The summed E-state index contributed by atoms with van der Waals surface area (Å²) in [6.45, 7) is 8.69. The van der Waals surface area contributed by atoms with Crippen LogP contribution >= 0.6 is 0 Å². The van der Waals surface area contributed by atoms with Crippen LogP contribution < -0.4 is 15.5 Å². The summed E-state index contributed by atoms with van der Waals surface area (Å²) in [5.41, 5.74) is 3.15. The third-order valence-electron chi connectivity index (χ3n) is 5.70. The van der Waals surface area contributed by atoms with Gasteiger partial charge in [0.1, 0.15) is 5.52 Å². The summed E-state index contributed by atoms with van der Waals surface area (Å²) in [7, 11) is 0. The Bertz CT molecular complexity index is 1350. The van der Waals surface area contributed by atoms with E-state index in [4.69, 9.17) is 0 Å². The molecule has 1 aliphatic rings. The quantitative estimate of drug-likeness (QED) is 0.516. The molecule has 5 rings (SSSR count). The lowest BCUT2D eigenvalue weighted by Crippen LogP contribution is -2.57. The number of aromatic nitrogens is 4. The van der Waals surface area contributed by atoms with Crippen LogP contribution in [-0.2, 0) is 0 Å². The number of rotatable bonds is 3. The number of fused-ring (bicyclic) bond motifs is 2. The molecule has 1 saturated heterocycles. The highest BCUT2D eigenvalue weighted by molar-refractivity contribution is 6.13. The van der Waals surface area contributed by atoms with Crippen molar-refractivity contribution in [3.8, 4) is 0 Å². The first-order valence-corrected chi connectivity index (χ1v) is 10.5. The van der Waals surface area contributed by atoms with Crippen LogP contribution in [-0.4, -0.2) is 50.7 Å². The zero-order valence-electron chi connectivity index (χ0n) is 18.2. The van der Waals surface area contributed by atoms with E-state index in [1.807, 2.05) is 12.1 Å². The van der Waals surface area contributed by atoms with Gasteiger partial charge in [-0.15, -0.1) is 5.10 Å². The van der Waals surface area contributed by atoms with Crippen LogP contribution in [0.2, 0.25) is 0 Å². The highest BCUT2D eigenvalue weighted by Crippen LogP contribution is 2.30. The van der Waals surface area contributed by atoms with Crippen LogP contribution in [0.3, 0.4) is 0 Å². The van der Waals surface area contributed by atoms with Gasteiger partial charge in [-0.2, -0.15) is 5.10 Å². The average molecular weight is 433 g/mol. The van der Waals surface area contributed by atoms with Gasteiger partial charge in [0.15, 0.2) is 11.5 Å². The van der Waals surface area contributed by atoms with Gasteiger partial charge in [-0.1, -0.05) is 0 Å². The van der Waals surface area contributed by atoms with E-state index in [-0.39, 0.29) is 17.1 Å². The van der Waals surface area contributed by atoms with E-state index in [0.29, 0.717) is 22.5 Å². The number of piperazine rings is 1. The molecule has 4 aromatic rings. The molecule has 9 heteroatoms. The molecule has 1 aliphatic heterocycles. The van der Waals surface area contributed by atoms with Crippen molar-refractivity contribution in [1.29, 1.82) is 0 Å². The van der Waals surface area contributed by atoms with Crippen molar-refractivity contribution in [3.63, 3.8) is 0 Å². The molecule has 1 aromatic carbocycles. The number of imidazole rings is 1. The third-order valence-corrected chi connectivity index (χ3v) is 5.70. The van der Waals surface area contributed by atoms with Crippen molar-refractivity contribution < 1.29 is 9.18 Å². The molecular weight excluding hydrogens is 409 g/mol. The third kappa shape index (κ3) is 3.64. The lowest BCUT2D eigenvalue weighted by Gasteiger charge is -2.40. The van der Waals surface area contributed by atoms with E-state index < -0.39 is 5.82 Å². The van der Waals surface area contributed by atoms with Crippen LogP contribution in [0.1, 0.15) is 29.9 Å². The number of amides is 1. The van der Waals surface area contributed by atoms with Gasteiger partial charge in [0.25, 0.3) is 5.91 Å². The number of carbonyl (C=O) groups excluding carboxylic acids is 1. The average Bonchev–Trinajstić information content (AvgIpc) is 3.13. The Balaban J connectivity index is 1.50. The molecule has 2 N–H and O–H groups in total. The Morgan fingerprint density at radius 3 is 2.91 bits per heavy atom. The van der Waals surface area contributed by atoms with Crippen LogP contribution in [0.25, 0.3) is 16.6 Å². The molecule has 164 valence electrons. The van der Waals surface area contributed by atoms with E-state index in [9.17, 15) is 9.18 Å². The first kappa shape index (κ1) is 20.3. The van der Waals surface area contributed by atoms with Gasteiger partial charge in [-0.05, 0) is 39.0 Å². The van der Waals surface area contributed by atoms with E-state index in [1.54, 1.807) is 36.0 Å². The maximum atomic E-state index is 14.4. The largest absolute Gasteiger partial charge is 0.368 e. The molecule has 32 heavy (non-hydrogen) atoms. The van der Waals surface area contributed by atoms with Gasteiger partial charge in [0, 0.05) is 54.7 Å². The second-order valence-electron chi connectivity index (χ2n) is 8.80. The van der Waals surface area contributed by atoms with Gasteiger partial charge in [-0.3, -0.25) is 4.79 Å². The zero-order valence-corrected chi connectivity index (χ0v) is 18.2. The smallest absolute Gasteiger partial charge is 0.257 e. The number of anilines is 2. The number of carbonyl (C=O) groups is 1. The SMILES string of the molecule is Cc1cn2cc(NC(=O)c3ccc(N4CCNC(C)(C)C4)c4ccnnc34)cc(F)c2n1. The van der Waals surface area contributed by atoms with Gasteiger partial charge in [-0.25, -0.2) is 9.37 Å². The second kappa shape index (κ2) is 7.52. The van der Waals surface area contributed by atoms with Gasteiger partial charge < -0.3 is 19.9 Å². The number of nitrogens with zero attached hydrogens (tertiary/aromatic N) is 5. The van der Waals surface area contributed by atoms with Crippen LogP contribution in [0, 0.1) is 12.7 Å². The number of hydrogen-bond acceptors (Lipinski definition) is 6. The highest BCUT2D eigenvalue weighted by Gasteiger charge is 2.27. The number of hydrogen-bond donors (Lipinski definition) is 2. The molecule has 0 spiro atoms. The number of aryl methyl sites for hydroxylation is 1. The normalized spacial score (nSPS) is 15.9. The van der Waals surface area contributed by atoms with E-state index in [2.05, 4.69) is 44.6 Å². The van der Waals surface area contributed by atoms with Crippen LogP contribution in [0.5, 0.6) is 0 Å². The van der Waals surface area contributed by atoms with E-state index in [1.165, 1.54) is 6.07 Å². The molecule has 0 aliphatic carbocycles. The minimum Gasteiger partial charge on any atom is -0.368 e. The van der Waals surface area contributed by atoms with E-state index in [0.717, 1.165) is 30.7 Å². The summed E-state index contributed by atoms with van der Waals surface area (Å²) in [6.07, 6.45) is 4.98. The molecule has 0 radical (unpaired) electrons. The van der Waals surface area contributed by atoms with Crippen molar-refractivity contribution in [1.82, 2.24) is 24.9 Å². The summed E-state index contributed by atoms with van der Waals surface area (Å²) in [5, 5.41) is 15.4. The molecule has 8 nitrogen and oxygen atoms in total. The molecule has 0 bridgehead atoms. The zero-order chi connectivity index (χ0) is 22.5. The monoisotopic (exact) mass is 433 g/mol. The topological polar surface area (TPSA) is 87.5 Å². The van der Waals surface area contributed by atoms with Crippen molar-refractivity contribution in [2.45, 2.75) is 26.3 Å². The Labute approximate surface area is 184 Å². The van der Waals surface area contributed by atoms with Crippen molar-refractivity contribution in [2.75, 3.05) is 29.9 Å². The molecule has 0 saturated carbocycles. The maximum absolute atomic E-state index is 14.4. The predicted molar refractivity (Wildman–Crippen MR) is 122 cm³/mol. The molecule has 4 heterocycles. The molecule has 1 amide bonds. The summed E-state index contributed by atoms with van der Waals surface area (Å²) in [6, 6.07) is 6.85. The maximum Gasteiger partial charge on any atom is 0.257 e. The molecule has 0 unspecified atom stereocenters. The number of pyridine rings is 1. The molecule has 3 aromatic heterocycles. The van der Waals surface area contributed by atoms with Crippen molar-refractivity contribution >= 4 is 33.8 Å². The van der Waals surface area contributed by atoms with Crippen molar-refractivity contribution in [2.24, 2.45) is 0 Å². The fourth-order valence-electron chi connectivity index (χ4n) is 4.32. The summed E-state index contributed by atoms with van der Waals surface area (Å²) < 4.78 is 16.0. The lowest BCUT2D eigenvalue weighted by molar-refractivity contribution is 0.102. The minimum atomic E-state index is -0.503. The number of halogens is 1. The molecular formula is C23H24FN7O. The van der Waals surface area contributed by atoms with Gasteiger partial charge in [0.2, 0.25) is 0 Å². The number of benzene rings is 1. The Morgan fingerprint density at radius 2 is 2.09 bits per heavy atom. The van der Waals surface area contributed by atoms with E-state index >= 15 is 0 Å². The minimum absolute atomic E-state index is 0.0184. The fourth-order valence-corrected chi connectivity index (χ4v) is 4.32. The van der Waals surface area contributed by atoms with Crippen LogP contribution in [0.4, 0.5) is 15.8 Å². The fraction of sp³-hybridized carbons (Fsp3) is 0.304. The summed E-state index contributed by atoms with van der Waals surface area (Å²) in [4.78, 5) is 19.6. The standard InChI is InChI=1S/C23H24FN7O/c1-14-11-31-12-15(10-18(24)21(31)27-14)28-22(32)17-4-5-19(16-6-7-26-29-20(16)17)30-9-8-25-23(2,3)13-30/h4-7,10-12,25H,8-9,13H2,1-3H3,(H,28,32). The number of nitrogens with one attached hydrogen (secondary N) is 2. The van der Waals surface area contributed by atoms with Crippen molar-refractivity contribution in [3.05, 3.63) is 59.9 Å². The molecule has 0 atom stereocenters. The summed E-state index contributed by atoms with van der Waals surface area (Å²) >= 11 is 0. The molecule has 1 fully saturated rings. The van der Waals surface area contributed by atoms with Crippen LogP contribution in [0.15, 0.2) is 42.9 Å². The lowest BCUT2D eigenvalue weighted by atomic mass is 10.00. The highest BCUT2D eigenvalue weighted by atomic mass is 19.1. The second-order valence-corrected chi connectivity index (χ2v) is 8.80. The first-order chi connectivity index (χ1) is 15.3. The summed E-state index contributed by atoms with van der Waals surface area (Å²) in [5.74, 6) is -0.879. The predicted octanol–water partition coefficient (Wildman–Crippen LogP) is 3.17. The Kier molecular flexibility index (Phi) is 4.78.